The van der Waals surface area contributed by atoms with Gasteiger partial charge in [0.15, 0.2) is 6.20 Å². The predicted molar refractivity (Wildman–Crippen MR) is 107 cm³/mol. The Bertz CT molecular complexity index is 919. The highest BCUT2D eigenvalue weighted by Gasteiger charge is 2.19. The molecule has 0 spiro atoms. The standard InChI is InChI=1S/C24H28N/c1-16(2)23-14-24(25(6)15-18(23)4)22-13-9-12-21(19(22)5)20-11-8-7-10-17(20)3/h7-16H,1-6H3/q+1. The quantitative estimate of drug-likeness (QED) is 0.527. The molecule has 3 aromatic rings. The van der Waals surface area contributed by atoms with Crippen molar-refractivity contribution in [3.8, 4) is 22.4 Å². The minimum atomic E-state index is 0.528. The van der Waals surface area contributed by atoms with E-state index < -0.39 is 0 Å². The minimum Gasteiger partial charge on any atom is -0.201 e. The molecule has 0 saturated carbocycles. The maximum absolute atomic E-state index is 2.37. The molecule has 0 fully saturated rings. The lowest BCUT2D eigenvalue weighted by atomic mass is 9.91. The van der Waals surface area contributed by atoms with E-state index >= 15 is 0 Å². The van der Waals surface area contributed by atoms with Crippen molar-refractivity contribution in [3.05, 3.63) is 77.0 Å². The predicted octanol–water partition coefficient (Wildman–Crippen LogP) is 5.89. The summed E-state index contributed by atoms with van der Waals surface area (Å²) in [4.78, 5) is 0. The summed E-state index contributed by atoms with van der Waals surface area (Å²) in [6, 6.07) is 17.7. The molecule has 0 aliphatic heterocycles. The molecule has 0 radical (unpaired) electrons. The van der Waals surface area contributed by atoms with E-state index in [1.165, 1.54) is 44.6 Å². The third kappa shape index (κ3) is 3.24. The van der Waals surface area contributed by atoms with Crippen molar-refractivity contribution in [1.29, 1.82) is 0 Å². The van der Waals surface area contributed by atoms with Crippen LogP contribution in [0.1, 0.15) is 42.0 Å². The third-order valence-corrected chi connectivity index (χ3v) is 5.18. The lowest BCUT2D eigenvalue weighted by Crippen LogP contribution is -2.32. The Morgan fingerprint density at radius 3 is 2.08 bits per heavy atom. The maximum atomic E-state index is 2.37. The van der Waals surface area contributed by atoms with Gasteiger partial charge in [-0.1, -0.05) is 50.2 Å². The summed E-state index contributed by atoms with van der Waals surface area (Å²) in [5.41, 5.74) is 10.7. The molecule has 0 N–H and O–H groups in total. The van der Waals surface area contributed by atoms with E-state index in [4.69, 9.17) is 0 Å². The van der Waals surface area contributed by atoms with E-state index in [1.54, 1.807) is 0 Å². The van der Waals surface area contributed by atoms with Crippen molar-refractivity contribution in [3.63, 3.8) is 0 Å². The Kier molecular flexibility index (Phi) is 4.76. The Balaban J connectivity index is 2.22. The summed E-state index contributed by atoms with van der Waals surface area (Å²) >= 11 is 0. The average Bonchev–Trinajstić information content (AvgIpc) is 2.56. The summed E-state index contributed by atoms with van der Waals surface area (Å²) in [7, 11) is 2.15. The second-order valence-electron chi connectivity index (χ2n) is 7.36. The number of hydrogen-bond donors (Lipinski definition) is 0. The van der Waals surface area contributed by atoms with E-state index in [9.17, 15) is 0 Å². The van der Waals surface area contributed by atoms with Gasteiger partial charge < -0.3 is 0 Å². The Labute approximate surface area is 152 Å². The smallest absolute Gasteiger partial charge is 0.201 e. The molecule has 0 amide bonds. The van der Waals surface area contributed by atoms with E-state index in [2.05, 4.69) is 101 Å². The normalized spacial score (nSPS) is 11.2. The summed E-state index contributed by atoms with van der Waals surface area (Å²) in [5.74, 6) is 0.528. The van der Waals surface area contributed by atoms with Crippen LogP contribution in [-0.2, 0) is 7.05 Å². The molecule has 0 saturated heterocycles. The molecule has 0 unspecified atom stereocenters. The molecule has 128 valence electrons. The minimum absolute atomic E-state index is 0.528. The van der Waals surface area contributed by atoms with Crippen LogP contribution in [0.15, 0.2) is 54.7 Å². The van der Waals surface area contributed by atoms with Crippen LogP contribution in [0.3, 0.4) is 0 Å². The fourth-order valence-electron chi connectivity index (χ4n) is 3.77. The first-order valence-electron chi connectivity index (χ1n) is 9.06. The maximum Gasteiger partial charge on any atom is 0.212 e. The van der Waals surface area contributed by atoms with Crippen molar-refractivity contribution in [2.24, 2.45) is 7.05 Å². The van der Waals surface area contributed by atoms with E-state index in [1.807, 2.05) is 0 Å². The molecule has 1 heterocycles. The van der Waals surface area contributed by atoms with Crippen LogP contribution >= 0.6 is 0 Å². The number of benzene rings is 2. The summed E-state index contributed by atoms with van der Waals surface area (Å²) in [6.45, 7) is 11.2. The van der Waals surface area contributed by atoms with Crippen LogP contribution < -0.4 is 4.57 Å². The van der Waals surface area contributed by atoms with E-state index in [0.29, 0.717) is 5.92 Å². The van der Waals surface area contributed by atoms with Crippen LogP contribution in [0.4, 0.5) is 0 Å². The average molecular weight is 330 g/mol. The van der Waals surface area contributed by atoms with Crippen LogP contribution in [0, 0.1) is 20.8 Å². The van der Waals surface area contributed by atoms with E-state index in [0.717, 1.165) is 0 Å². The zero-order valence-corrected chi connectivity index (χ0v) is 16.2. The zero-order chi connectivity index (χ0) is 18.1. The number of aryl methyl sites for hydroxylation is 3. The monoisotopic (exact) mass is 330 g/mol. The first-order valence-corrected chi connectivity index (χ1v) is 9.06. The zero-order valence-electron chi connectivity index (χ0n) is 16.2. The molecule has 2 aromatic carbocycles. The highest BCUT2D eigenvalue weighted by molar-refractivity contribution is 5.77. The van der Waals surface area contributed by atoms with Gasteiger partial charge in [-0.15, -0.1) is 0 Å². The van der Waals surface area contributed by atoms with Gasteiger partial charge in [-0.2, -0.15) is 0 Å². The molecule has 0 aliphatic carbocycles. The van der Waals surface area contributed by atoms with Crippen molar-refractivity contribution in [2.45, 2.75) is 40.5 Å². The van der Waals surface area contributed by atoms with Gasteiger partial charge in [-0.3, -0.25) is 0 Å². The molecule has 1 aromatic heterocycles. The van der Waals surface area contributed by atoms with Crippen LogP contribution in [0.5, 0.6) is 0 Å². The fourth-order valence-corrected chi connectivity index (χ4v) is 3.77. The van der Waals surface area contributed by atoms with Crippen LogP contribution in [0.25, 0.3) is 22.4 Å². The van der Waals surface area contributed by atoms with Gasteiger partial charge in [-0.05, 0) is 60.6 Å². The number of hydrogen-bond acceptors (Lipinski definition) is 0. The number of pyridine rings is 1. The summed E-state index contributed by atoms with van der Waals surface area (Å²) in [6.07, 6.45) is 2.25. The first kappa shape index (κ1) is 17.4. The van der Waals surface area contributed by atoms with Gasteiger partial charge in [0.25, 0.3) is 0 Å². The Morgan fingerprint density at radius 2 is 1.40 bits per heavy atom. The highest BCUT2D eigenvalue weighted by atomic mass is 14.9. The highest BCUT2D eigenvalue weighted by Crippen LogP contribution is 2.33. The van der Waals surface area contributed by atoms with Gasteiger partial charge in [0.05, 0.1) is 0 Å². The third-order valence-electron chi connectivity index (χ3n) is 5.18. The Hall–Kier alpha value is -2.41. The molecular formula is C24H28N+. The second kappa shape index (κ2) is 6.84. The van der Waals surface area contributed by atoms with E-state index in [-0.39, 0.29) is 0 Å². The van der Waals surface area contributed by atoms with Gasteiger partial charge in [0, 0.05) is 17.2 Å². The largest absolute Gasteiger partial charge is 0.212 e. The topological polar surface area (TPSA) is 3.88 Å². The van der Waals surface area contributed by atoms with Gasteiger partial charge >= 0.3 is 0 Å². The van der Waals surface area contributed by atoms with Crippen LogP contribution in [-0.4, -0.2) is 0 Å². The fraction of sp³-hybridized carbons (Fsp3) is 0.292. The second-order valence-corrected chi connectivity index (χ2v) is 7.36. The van der Waals surface area contributed by atoms with Crippen molar-refractivity contribution < 1.29 is 4.57 Å². The lowest BCUT2D eigenvalue weighted by Gasteiger charge is -2.15. The molecule has 0 aliphatic rings. The number of rotatable bonds is 3. The first-order chi connectivity index (χ1) is 11.9. The number of aromatic nitrogens is 1. The molecule has 25 heavy (non-hydrogen) atoms. The van der Waals surface area contributed by atoms with Gasteiger partial charge in [0.1, 0.15) is 7.05 Å². The summed E-state index contributed by atoms with van der Waals surface area (Å²) < 4.78 is 2.26. The van der Waals surface area contributed by atoms with Crippen molar-refractivity contribution in [1.82, 2.24) is 0 Å². The number of nitrogens with zero attached hydrogens (tertiary/aromatic N) is 1. The van der Waals surface area contributed by atoms with Crippen LogP contribution in [0.2, 0.25) is 0 Å². The Morgan fingerprint density at radius 1 is 0.760 bits per heavy atom. The molecule has 3 rings (SSSR count). The van der Waals surface area contributed by atoms with Crippen molar-refractivity contribution in [2.75, 3.05) is 0 Å². The molecule has 0 atom stereocenters. The lowest BCUT2D eigenvalue weighted by molar-refractivity contribution is -0.660. The molecule has 0 bridgehead atoms. The molecular weight excluding hydrogens is 302 g/mol. The van der Waals surface area contributed by atoms with Gasteiger partial charge in [-0.25, -0.2) is 4.57 Å². The van der Waals surface area contributed by atoms with Crippen molar-refractivity contribution >= 4 is 0 Å². The molecule has 1 nitrogen and oxygen atoms in total. The summed E-state index contributed by atoms with van der Waals surface area (Å²) in [5, 5.41) is 0. The SMILES string of the molecule is Cc1ccccc1-c1cccc(-c2cc(C(C)C)c(C)c[n+]2C)c1C. The van der Waals surface area contributed by atoms with Gasteiger partial charge in [0.2, 0.25) is 5.69 Å². The molecule has 1 heteroatoms.